The molecule has 0 spiro atoms. The van der Waals surface area contributed by atoms with Crippen LogP contribution >= 0.6 is 0 Å². The monoisotopic (exact) mass is 709 g/mol. The van der Waals surface area contributed by atoms with Crippen molar-refractivity contribution in [1.82, 2.24) is 19.8 Å². The van der Waals surface area contributed by atoms with Crippen LogP contribution in [-0.4, -0.2) is 58.7 Å². The number of carbonyl (C=O) groups excluding carboxylic acids is 3. The molecule has 1 N–H and O–H groups in total. The van der Waals surface area contributed by atoms with Gasteiger partial charge >= 0.3 is 12.1 Å². The van der Waals surface area contributed by atoms with Crippen molar-refractivity contribution >= 4 is 18.0 Å². The molecule has 2 amide bonds. The van der Waals surface area contributed by atoms with Crippen LogP contribution < -0.4 is 5.32 Å². The van der Waals surface area contributed by atoms with Crippen molar-refractivity contribution in [2.45, 2.75) is 51.7 Å². The van der Waals surface area contributed by atoms with Crippen LogP contribution in [0.25, 0.3) is 11.1 Å². The van der Waals surface area contributed by atoms with Crippen LogP contribution in [0.5, 0.6) is 0 Å². The summed E-state index contributed by atoms with van der Waals surface area (Å²) in [6.45, 7) is 5.09. The van der Waals surface area contributed by atoms with Crippen LogP contribution in [0.4, 0.5) is 4.79 Å². The largest absolute Gasteiger partial charge is 0.465 e. The molecule has 0 saturated heterocycles. The lowest BCUT2D eigenvalue weighted by molar-refractivity contribution is -0.121. The Bertz CT molecular complexity index is 2070. The van der Waals surface area contributed by atoms with Crippen LogP contribution in [0.15, 0.2) is 110 Å². The number of imidazole rings is 1. The van der Waals surface area contributed by atoms with Crippen LogP contribution in [0, 0.1) is 17.2 Å². The van der Waals surface area contributed by atoms with E-state index < -0.39 is 18.1 Å². The average Bonchev–Trinajstić information content (AvgIpc) is 3.76. The van der Waals surface area contributed by atoms with Gasteiger partial charge in [0.15, 0.2) is 0 Å². The van der Waals surface area contributed by atoms with Gasteiger partial charge in [-0.25, -0.2) is 14.6 Å². The predicted molar refractivity (Wildman–Crippen MR) is 201 cm³/mol. The van der Waals surface area contributed by atoms with E-state index in [4.69, 9.17) is 14.7 Å². The van der Waals surface area contributed by atoms with Gasteiger partial charge in [0.1, 0.15) is 6.61 Å². The number of ether oxygens (including phenoxy) is 2. The molecule has 10 heteroatoms. The van der Waals surface area contributed by atoms with Crippen molar-refractivity contribution < 1.29 is 23.9 Å². The van der Waals surface area contributed by atoms with E-state index in [0.717, 1.165) is 45.5 Å². The zero-order valence-corrected chi connectivity index (χ0v) is 30.2. The fraction of sp³-hybridized carbons (Fsp3) is 0.279. The molecule has 4 aromatic carbocycles. The van der Waals surface area contributed by atoms with Gasteiger partial charge in [0, 0.05) is 43.5 Å². The zero-order valence-electron chi connectivity index (χ0n) is 30.2. The number of fused-ring (bicyclic) bond motifs is 3. The standard InChI is InChI=1S/C43H43N5O5/c1-4-29(2)40(46-41(49)21-34-23-45-28-48(34)24-31-18-16-30(22-44)17-19-31)26-47(25-32-10-9-11-33(20-32)42(50)52-3)43(51)53-27-39-37-14-7-5-12-35(37)36-13-6-8-15-38(36)39/h5-20,23,28-29,39-40H,4,21,24-27H2,1-3H3,(H,46,49)/t29-,40+/m0/s1. The molecule has 1 aliphatic carbocycles. The minimum absolute atomic E-state index is 0.0211. The number of amides is 2. The van der Waals surface area contributed by atoms with Crippen LogP contribution in [0.2, 0.25) is 0 Å². The van der Waals surface area contributed by atoms with Gasteiger partial charge in [-0.3, -0.25) is 4.79 Å². The highest BCUT2D eigenvalue weighted by Gasteiger charge is 2.31. The fourth-order valence-electron chi connectivity index (χ4n) is 6.86. The van der Waals surface area contributed by atoms with E-state index in [9.17, 15) is 14.4 Å². The Kier molecular flexibility index (Phi) is 11.6. The van der Waals surface area contributed by atoms with E-state index in [1.54, 1.807) is 47.8 Å². The topological polar surface area (TPSA) is 127 Å². The molecule has 0 radical (unpaired) electrons. The molecule has 270 valence electrons. The first-order valence-electron chi connectivity index (χ1n) is 17.8. The molecule has 0 saturated carbocycles. The Labute approximate surface area is 310 Å². The number of nitrogens with one attached hydrogen (secondary N) is 1. The smallest absolute Gasteiger partial charge is 0.410 e. The van der Waals surface area contributed by atoms with E-state index in [1.807, 2.05) is 60.9 Å². The number of methoxy groups -OCH3 is 1. The molecule has 1 aliphatic rings. The van der Waals surface area contributed by atoms with Crippen LogP contribution in [0.1, 0.15) is 70.1 Å². The number of hydrogen-bond donors (Lipinski definition) is 1. The molecule has 5 aromatic rings. The highest BCUT2D eigenvalue weighted by molar-refractivity contribution is 5.89. The van der Waals surface area contributed by atoms with Gasteiger partial charge < -0.3 is 24.3 Å². The molecule has 1 heterocycles. The summed E-state index contributed by atoms with van der Waals surface area (Å²) in [7, 11) is 1.33. The van der Waals surface area contributed by atoms with Gasteiger partial charge in [0.05, 0.1) is 37.1 Å². The Balaban J connectivity index is 1.20. The summed E-state index contributed by atoms with van der Waals surface area (Å²) in [6.07, 6.45) is 3.71. The molecule has 0 bridgehead atoms. The summed E-state index contributed by atoms with van der Waals surface area (Å²) in [4.78, 5) is 46.0. The van der Waals surface area contributed by atoms with Crippen molar-refractivity contribution in [2.24, 2.45) is 5.92 Å². The van der Waals surface area contributed by atoms with Gasteiger partial charge in [-0.2, -0.15) is 5.26 Å². The summed E-state index contributed by atoms with van der Waals surface area (Å²) in [5.41, 5.74) is 7.90. The number of aromatic nitrogens is 2. The number of nitriles is 1. The average molecular weight is 710 g/mol. The number of esters is 1. The molecule has 1 aromatic heterocycles. The normalized spacial score (nSPS) is 12.9. The van der Waals surface area contributed by atoms with Crippen molar-refractivity contribution in [3.63, 3.8) is 0 Å². The predicted octanol–water partition coefficient (Wildman–Crippen LogP) is 7.11. The Morgan fingerprint density at radius 3 is 2.30 bits per heavy atom. The second-order valence-corrected chi connectivity index (χ2v) is 13.4. The van der Waals surface area contributed by atoms with E-state index >= 15 is 0 Å². The SMILES string of the molecule is CC[C@H](C)[C@@H](CN(Cc1cccc(C(=O)OC)c1)C(=O)OCC1c2ccccc2-c2ccccc21)NC(=O)Cc1cncn1Cc1ccc(C#N)cc1. The van der Waals surface area contributed by atoms with Crippen molar-refractivity contribution in [3.05, 3.63) is 149 Å². The zero-order chi connectivity index (χ0) is 37.3. The van der Waals surface area contributed by atoms with E-state index in [-0.39, 0.29) is 43.9 Å². The Morgan fingerprint density at radius 2 is 1.64 bits per heavy atom. The lowest BCUT2D eigenvalue weighted by atomic mass is 9.97. The van der Waals surface area contributed by atoms with Gasteiger partial charge in [0.2, 0.25) is 5.91 Å². The molecule has 0 aliphatic heterocycles. The molecule has 2 atom stereocenters. The molecular formula is C43H43N5O5. The van der Waals surface area contributed by atoms with Gasteiger partial charge in [-0.15, -0.1) is 0 Å². The number of nitrogens with zero attached hydrogens (tertiary/aromatic N) is 4. The van der Waals surface area contributed by atoms with E-state index in [0.29, 0.717) is 17.7 Å². The molecular weight excluding hydrogens is 667 g/mol. The lowest BCUT2D eigenvalue weighted by Gasteiger charge is -2.31. The van der Waals surface area contributed by atoms with Crippen LogP contribution in [-0.2, 0) is 33.8 Å². The first kappa shape index (κ1) is 36.6. The highest BCUT2D eigenvalue weighted by Crippen LogP contribution is 2.44. The third-order valence-corrected chi connectivity index (χ3v) is 9.99. The second kappa shape index (κ2) is 16.9. The maximum absolute atomic E-state index is 14.1. The first-order chi connectivity index (χ1) is 25.8. The Hall–Kier alpha value is -6.21. The van der Waals surface area contributed by atoms with Crippen molar-refractivity contribution in [3.8, 4) is 17.2 Å². The first-order valence-corrected chi connectivity index (χ1v) is 17.8. The highest BCUT2D eigenvalue weighted by atomic mass is 16.6. The maximum atomic E-state index is 14.1. The number of carbonyl (C=O) groups is 3. The van der Waals surface area contributed by atoms with Crippen molar-refractivity contribution in [2.75, 3.05) is 20.3 Å². The van der Waals surface area contributed by atoms with Gasteiger partial charge in [-0.1, -0.05) is 93.1 Å². The quantitative estimate of drug-likeness (QED) is 0.122. The van der Waals surface area contributed by atoms with Crippen LogP contribution in [0.3, 0.4) is 0 Å². The number of benzene rings is 4. The summed E-state index contributed by atoms with van der Waals surface area (Å²) < 4.78 is 13.0. The second-order valence-electron chi connectivity index (χ2n) is 13.4. The van der Waals surface area contributed by atoms with E-state index in [1.165, 1.54) is 7.11 Å². The molecule has 0 fully saturated rings. The molecule has 6 rings (SSSR count). The Morgan fingerprint density at radius 1 is 0.943 bits per heavy atom. The maximum Gasteiger partial charge on any atom is 0.410 e. The number of hydrogen-bond acceptors (Lipinski definition) is 7. The third kappa shape index (κ3) is 8.64. The van der Waals surface area contributed by atoms with Crippen molar-refractivity contribution in [1.29, 1.82) is 5.26 Å². The molecule has 0 unspecified atom stereocenters. The summed E-state index contributed by atoms with van der Waals surface area (Å²) in [6, 6.07) is 32.4. The summed E-state index contributed by atoms with van der Waals surface area (Å²) >= 11 is 0. The minimum atomic E-state index is -0.515. The third-order valence-electron chi connectivity index (χ3n) is 9.99. The van der Waals surface area contributed by atoms with E-state index in [2.05, 4.69) is 40.6 Å². The van der Waals surface area contributed by atoms with Gasteiger partial charge in [-0.05, 0) is 63.6 Å². The lowest BCUT2D eigenvalue weighted by Crippen LogP contribution is -2.49. The summed E-state index contributed by atoms with van der Waals surface area (Å²) in [5, 5.41) is 12.3. The number of rotatable bonds is 14. The summed E-state index contributed by atoms with van der Waals surface area (Å²) in [5.74, 6) is -0.761. The minimum Gasteiger partial charge on any atom is -0.465 e. The fourth-order valence-corrected chi connectivity index (χ4v) is 6.86. The van der Waals surface area contributed by atoms with Gasteiger partial charge in [0.25, 0.3) is 0 Å². The molecule has 53 heavy (non-hydrogen) atoms. The molecule has 10 nitrogen and oxygen atoms in total.